The van der Waals surface area contributed by atoms with Crippen LogP contribution in [-0.4, -0.2) is 78.8 Å². The Bertz CT molecular complexity index is 818. The first-order valence-electron chi connectivity index (χ1n) is 10.5. The number of morpholine rings is 1. The first-order valence-corrected chi connectivity index (χ1v) is 10.5. The Labute approximate surface area is 189 Å². The molecule has 0 saturated carbocycles. The molecule has 2 heterocycles. The maximum Gasteiger partial charge on any atom is 0.210 e. The molecule has 1 unspecified atom stereocenters. The van der Waals surface area contributed by atoms with Crippen LogP contribution in [0.15, 0.2) is 30.6 Å². The topological polar surface area (TPSA) is 111 Å². The number of phenolic OH excluding ortho intramolecular Hbond substituents is 1. The lowest BCUT2D eigenvalue weighted by molar-refractivity contribution is -0.127. The van der Waals surface area contributed by atoms with Crippen molar-refractivity contribution in [3.8, 4) is 11.5 Å². The molecule has 9 heteroatoms. The van der Waals surface area contributed by atoms with Gasteiger partial charge in [0.1, 0.15) is 18.1 Å². The van der Waals surface area contributed by atoms with Gasteiger partial charge in [0.05, 0.1) is 42.8 Å². The smallest absolute Gasteiger partial charge is 0.210 e. The van der Waals surface area contributed by atoms with Crippen molar-refractivity contribution in [1.82, 2.24) is 14.9 Å². The maximum absolute atomic E-state index is 10.9. The van der Waals surface area contributed by atoms with Gasteiger partial charge in [-0.1, -0.05) is 19.9 Å². The van der Waals surface area contributed by atoms with E-state index in [2.05, 4.69) is 9.97 Å². The van der Waals surface area contributed by atoms with Gasteiger partial charge in [-0.2, -0.15) is 0 Å². The molecule has 1 aliphatic rings. The van der Waals surface area contributed by atoms with Crippen LogP contribution in [-0.2, 0) is 20.7 Å². The van der Waals surface area contributed by atoms with Crippen molar-refractivity contribution in [2.24, 2.45) is 0 Å². The molecule has 0 radical (unpaired) electrons. The van der Waals surface area contributed by atoms with E-state index in [0.29, 0.717) is 38.4 Å². The van der Waals surface area contributed by atoms with E-state index in [0.717, 1.165) is 24.2 Å². The van der Waals surface area contributed by atoms with E-state index < -0.39 is 0 Å². The fourth-order valence-corrected chi connectivity index (χ4v) is 2.79. The number of nitrogens with zero attached hydrogens (tertiary/aromatic N) is 3. The van der Waals surface area contributed by atoms with Crippen LogP contribution in [0.3, 0.4) is 0 Å². The van der Waals surface area contributed by atoms with Crippen molar-refractivity contribution in [2.45, 2.75) is 33.2 Å². The number of aromatic hydroxyl groups is 1. The minimum absolute atomic E-state index is 0.108. The normalized spacial score (nSPS) is 14.9. The molecule has 1 fully saturated rings. The first kappa shape index (κ1) is 27.0. The summed E-state index contributed by atoms with van der Waals surface area (Å²) < 4.78 is 15.7. The molecule has 2 aromatic rings. The van der Waals surface area contributed by atoms with E-state index >= 15 is 0 Å². The standard InChI is InChI=1S/C13H15NO5.C8H12N2O.C2H6/c15-6-11-12(17)2-1-3-13(11)19-8-10-7-18-5-4-14(10)9-16;1-7-8(3-6-11-2)10-5-4-9-7;1-2/h1-3,6,9-10,17H,4-5,7-8H2;4-5H,3,6H2,1-2H3;1-2H3. The van der Waals surface area contributed by atoms with Crippen LogP contribution in [0, 0.1) is 6.92 Å². The average Bonchev–Trinajstić information content (AvgIpc) is 2.84. The second-order valence-corrected chi connectivity index (χ2v) is 6.52. The number of methoxy groups -OCH3 is 1. The summed E-state index contributed by atoms with van der Waals surface area (Å²) in [7, 11) is 1.69. The van der Waals surface area contributed by atoms with E-state index in [9.17, 15) is 14.7 Å². The van der Waals surface area contributed by atoms with Crippen LogP contribution in [0.4, 0.5) is 0 Å². The Morgan fingerprint density at radius 2 is 2.00 bits per heavy atom. The van der Waals surface area contributed by atoms with Gasteiger partial charge in [0.2, 0.25) is 6.41 Å². The lowest BCUT2D eigenvalue weighted by Crippen LogP contribution is -2.47. The summed E-state index contributed by atoms with van der Waals surface area (Å²) in [5.74, 6) is 0.172. The Morgan fingerprint density at radius 1 is 1.25 bits per heavy atom. The Hall–Kier alpha value is -3.04. The minimum atomic E-state index is -0.187. The first-order chi connectivity index (χ1) is 15.6. The van der Waals surface area contributed by atoms with Crippen molar-refractivity contribution < 1.29 is 28.9 Å². The lowest BCUT2D eigenvalue weighted by atomic mass is 10.2. The number of rotatable bonds is 8. The van der Waals surface area contributed by atoms with Crippen LogP contribution in [0.5, 0.6) is 11.5 Å². The number of phenols is 1. The highest BCUT2D eigenvalue weighted by molar-refractivity contribution is 5.83. The van der Waals surface area contributed by atoms with Crippen molar-refractivity contribution >= 4 is 12.7 Å². The quantitative estimate of drug-likeness (QED) is 0.614. The molecular formula is C23H33N3O6. The molecule has 1 amide bonds. The number of hydrogen-bond acceptors (Lipinski definition) is 8. The Kier molecular flexibility index (Phi) is 13.3. The van der Waals surface area contributed by atoms with Crippen molar-refractivity contribution in [3.05, 3.63) is 47.5 Å². The summed E-state index contributed by atoms with van der Waals surface area (Å²) in [5, 5.41) is 9.52. The van der Waals surface area contributed by atoms with Crippen LogP contribution < -0.4 is 4.74 Å². The molecule has 1 aliphatic heterocycles. The van der Waals surface area contributed by atoms with Crippen LogP contribution in [0.2, 0.25) is 0 Å². The van der Waals surface area contributed by atoms with Gasteiger partial charge in [-0.25, -0.2) is 0 Å². The molecule has 176 valence electrons. The number of amides is 1. The molecular weight excluding hydrogens is 414 g/mol. The molecule has 1 saturated heterocycles. The van der Waals surface area contributed by atoms with Crippen molar-refractivity contribution in [1.29, 1.82) is 0 Å². The summed E-state index contributed by atoms with van der Waals surface area (Å²) in [6.45, 7) is 8.31. The van der Waals surface area contributed by atoms with E-state index in [4.69, 9.17) is 14.2 Å². The van der Waals surface area contributed by atoms with Crippen LogP contribution >= 0.6 is 0 Å². The molecule has 1 N–H and O–H groups in total. The molecule has 1 aromatic carbocycles. The summed E-state index contributed by atoms with van der Waals surface area (Å²) in [4.78, 5) is 31.7. The molecule has 1 aromatic heterocycles. The van der Waals surface area contributed by atoms with Crippen LogP contribution in [0.1, 0.15) is 35.6 Å². The third-order valence-electron chi connectivity index (χ3n) is 4.53. The predicted octanol–water partition coefficient (Wildman–Crippen LogP) is 2.44. The molecule has 32 heavy (non-hydrogen) atoms. The number of aromatic nitrogens is 2. The van der Waals surface area contributed by atoms with E-state index in [1.54, 1.807) is 36.5 Å². The zero-order valence-corrected chi connectivity index (χ0v) is 19.2. The highest BCUT2D eigenvalue weighted by atomic mass is 16.5. The fraction of sp³-hybridized carbons (Fsp3) is 0.478. The third kappa shape index (κ3) is 8.60. The molecule has 3 rings (SSSR count). The van der Waals surface area contributed by atoms with E-state index in [1.165, 1.54) is 6.07 Å². The summed E-state index contributed by atoms with van der Waals surface area (Å²) in [6.07, 6.45) is 5.55. The number of aldehydes is 1. The molecule has 1 atom stereocenters. The highest BCUT2D eigenvalue weighted by Crippen LogP contribution is 2.25. The second kappa shape index (κ2) is 15.7. The van der Waals surface area contributed by atoms with Gasteiger partial charge in [-0.05, 0) is 19.1 Å². The van der Waals surface area contributed by atoms with E-state index in [-0.39, 0.29) is 24.0 Å². The fourth-order valence-electron chi connectivity index (χ4n) is 2.79. The predicted molar refractivity (Wildman–Crippen MR) is 120 cm³/mol. The largest absolute Gasteiger partial charge is 0.507 e. The van der Waals surface area contributed by atoms with Gasteiger partial charge in [0, 0.05) is 32.5 Å². The molecule has 0 spiro atoms. The zero-order chi connectivity index (χ0) is 23.8. The Balaban J connectivity index is 0.000000335. The van der Waals surface area contributed by atoms with Gasteiger partial charge in [0.15, 0.2) is 6.29 Å². The number of hydrogen-bond donors (Lipinski definition) is 1. The monoisotopic (exact) mass is 447 g/mol. The lowest BCUT2D eigenvalue weighted by Gasteiger charge is -2.32. The van der Waals surface area contributed by atoms with Gasteiger partial charge in [-0.3, -0.25) is 19.6 Å². The van der Waals surface area contributed by atoms with E-state index in [1.807, 2.05) is 20.8 Å². The molecule has 9 nitrogen and oxygen atoms in total. The minimum Gasteiger partial charge on any atom is -0.507 e. The SMILES string of the molecule is CC.COCCc1nccnc1C.O=Cc1c(O)cccc1OCC1COCCN1C=O. The summed E-state index contributed by atoms with van der Waals surface area (Å²) in [6, 6.07) is 4.41. The molecule has 0 bridgehead atoms. The number of carbonyl (C=O) groups is 2. The second-order valence-electron chi connectivity index (χ2n) is 6.52. The average molecular weight is 448 g/mol. The maximum atomic E-state index is 10.9. The summed E-state index contributed by atoms with van der Waals surface area (Å²) in [5.41, 5.74) is 2.12. The van der Waals surface area contributed by atoms with Crippen LogP contribution in [0.25, 0.3) is 0 Å². The number of benzene rings is 1. The van der Waals surface area contributed by atoms with Gasteiger partial charge >= 0.3 is 0 Å². The molecule has 0 aliphatic carbocycles. The van der Waals surface area contributed by atoms with Gasteiger partial charge < -0.3 is 24.2 Å². The van der Waals surface area contributed by atoms with Crippen molar-refractivity contribution in [3.63, 3.8) is 0 Å². The summed E-state index contributed by atoms with van der Waals surface area (Å²) >= 11 is 0. The Morgan fingerprint density at radius 3 is 2.66 bits per heavy atom. The third-order valence-corrected chi connectivity index (χ3v) is 4.53. The zero-order valence-electron chi connectivity index (χ0n) is 19.2. The highest BCUT2D eigenvalue weighted by Gasteiger charge is 2.22. The number of ether oxygens (including phenoxy) is 3. The van der Waals surface area contributed by atoms with Crippen molar-refractivity contribution in [2.75, 3.05) is 40.1 Å². The van der Waals surface area contributed by atoms with Gasteiger partial charge in [0.25, 0.3) is 0 Å². The van der Waals surface area contributed by atoms with Gasteiger partial charge in [-0.15, -0.1) is 0 Å². The number of carbonyl (C=O) groups excluding carboxylic acids is 2. The number of aryl methyl sites for hydroxylation is 1.